The number of fused-ring (bicyclic) bond motifs is 2. The molecular formula is C22H22N6O3. The van der Waals surface area contributed by atoms with E-state index in [2.05, 4.69) is 27.2 Å². The Hall–Kier alpha value is -3.77. The molecular weight excluding hydrogens is 396 g/mol. The van der Waals surface area contributed by atoms with Crippen LogP contribution in [0, 0.1) is 18.3 Å². The molecule has 2 aromatic heterocycles. The predicted molar refractivity (Wildman–Crippen MR) is 114 cm³/mol. The Morgan fingerprint density at radius 1 is 1.29 bits per heavy atom. The van der Waals surface area contributed by atoms with Crippen LogP contribution in [-0.4, -0.2) is 48.6 Å². The minimum absolute atomic E-state index is 0.0603. The highest BCUT2D eigenvalue weighted by molar-refractivity contribution is 5.84. The zero-order valence-electron chi connectivity index (χ0n) is 17.3. The van der Waals surface area contributed by atoms with Crippen LogP contribution in [0.15, 0.2) is 35.7 Å². The summed E-state index contributed by atoms with van der Waals surface area (Å²) < 4.78 is 16.6. The number of methoxy groups -OCH3 is 1. The van der Waals surface area contributed by atoms with Crippen molar-refractivity contribution in [3.8, 4) is 17.7 Å². The van der Waals surface area contributed by atoms with Gasteiger partial charge in [0, 0.05) is 35.3 Å². The normalized spacial score (nSPS) is 18.5. The second-order valence-electron chi connectivity index (χ2n) is 7.55. The molecule has 31 heavy (non-hydrogen) atoms. The Kier molecular flexibility index (Phi) is 4.64. The Bertz CT molecular complexity index is 1240. The number of nitrogens with zero attached hydrogens (tertiary/aromatic N) is 4. The fourth-order valence-corrected chi connectivity index (χ4v) is 4.24. The summed E-state index contributed by atoms with van der Waals surface area (Å²) in [6.07, 6.45) is 0. The van der Waals surface area contributed by atoms with Crippen LogP contribution < -0.4 is 20.1 Å². The van der Waals surface area contributed by atoms with Crippen molar-refractivity contribution in [3.63, 3.8) is 0 Å². The van der Waals surface area contributed by atoms with E-state index in [0.717, 1.165) is 39.3 Å². The molecule has 3 aromatic rings. The van der Waals surface area contributed by atoms with E-state index >= 15 is 0 Å². The highest BCUT2D eigenvalue weighted by Crippen LogP contribution is 2.46. The number of hydrogen-bond acceptors (Lipinski definition) is 8. The zero-order chi connectivity index (χ0) is 21.5. The van der Waals surface area contributed by atoms with Gasteiger partial charge in [-0.3, -0.25) is 5.10 Å². The number of nitrogens with one attached hydrogen (secondary N) is 1. The maximum absolute atomic E-state index is 9.97. The van der Waals surface area contributed by atoms with Crippen molar-refractivity contribution in [2.45, 2.75) is 12.8 Å². The summed E-state index contributed by atoms with van der Waals surface area (Å²) >= 11 is 0. The number of morpholine rings is 1. The van der Waals surface area contributed by atoms with Crippen molar-refractivity contribution in [1.82, 2.24) is 15.2 Å². The molecule has 5 rings (SSSR count). The third-order valence-corrected chi connectivity index (χ3v) is 5.78. The zero-order valence-corrected chi connectivity index (χ0v) is 17.3. The number of aryl methyl sites for hydroxylation is 1. The molecule has 1 saturated heterocycles. The molecule has 4 heterocycles. The van der Waals surface area contributed by atoms with E-state index in [9.17, 15) is 5.26 Å². The van der Waals surface area contributed by atoms with Gasteiger partial charge in [-0.15, -0.1) is 5.10 Å². The van der Waals surface area contributed by atoms with E-state index in [1.165, 1.54) is 0 Å². The van der Waals surface area contributed by atoms with Gasteiger partial charge in [-0.1, -0.05) is 0 Å². The topological polar surface area (TPSA) is 122 Å². The molecule has 0 aliphatic carbocycles. The van der Waals surface area contributed by atoms with Gasteiger partial charge in [-0.2, -0.15) is 5.26 Å². The molecule has 1 aromatic carbocycles. The average molecular weight is 418 g/mol. The van der Waals surface area contributed by atoms with Crippen LogP contribution in [0.1, 0.15) is 22.7 Å². The number of nitriles is 1. The van der Waals surface area contributed by atoms with Gasteiger partial charge in [0.15, 0.2) is 0 Å². The lowest BCUT2D eigenvalue weighted by Crippen LogP contribution is -2.38. The number of rotatable bonds is 3. The molecule has 3 N–H and O–H groups in total. The molecule has 1 atom stereocenters. The number of nitrogens with two attached hydrogens (primary N) is 1. The third kappa shape index (κ3) is 3.12. The summed E-state index contributed by atoms with van der Waals surface area (Å²) in [6, 6.07) is 10.1. The molecule has 2 aliphatic heterocycles. The van der Waals surface area contributed by atoms with Gasteiger partial charge in [0.05, 0.1) is 31.8 Å². The molecule has 9 nitrogen and oxygen atoms in total. The number of anilines is 1. The SMILES string of the molecule is COc1ccc2nc(N3CCOCC3)c(C3C(C#N)=C(N)Oc4n[nH]c(C)c43)cc2c1. The largest absolute Gasteiger partial charge is 0.497 e. The molecule has 0 radical (unpaired) electrons. The Balaban J connectivity index is 1.79. The highest BCUT2D eigenvalue weighted by atomic mass is 16.5. The lowest BCUT2D eigenvalue weighted by Gasteiger charge is -2.32. The molecule has 9 heteroatoms. The summed E-state index contributed by atoms with van der Waals surface area (Å²) in [5.74, 6) is 1.54. The standard InChI is InChI=1S/C22H22N6O3/c1-12-18-19(16(11-23)20(24)31-22(18)27-26-12)15-10-13-9-14(29-2)3-4-17(13)25-21(15)28-5-7-30-8-6-28/h3-4,9-10,19H,5-8,24H2,1-2H3,(H,26,27). The number of pyridine rings is 1. The number of H-pyrrole nitrogens is 1. The fourth-order valence-electron chi connectivity index (χ4n) is 4.24. The summed E-state index contributed by atoms with van der Waals surface area (Å²) in [5.41, 5.74) is 9.81. The average Bonchev–Trinajstić information content (AvgIpc) is 3.17. The lowest BCUT2D eigenvalue weighted by molar-refractivity contribution is 0.122. The molecule has 0 spiro atoms. The first-order chi connectivity index (χ1) is 15.1. The van der Waals surface area contributed by atoms with Gasteiger partial charge in [-0.25, -0.2) is 4.98 Å². The lowest BCUT2D eigenvalue weighted by atomic mass is 9.83. The van der Waals surface area contributed by atoms with Crippen LogP contribution in [0.4, 0.5) is 5.82 Å². The molecule has 0 saturated carbocycles. The number of aromatic nitrogens is 3. The first kappa shape index (κ1) is 19.2. The summed E-state index contributed by atoms with van der Waals surface area (Å²) in [5, 5.41) is 18.1. The van der Waals surface area contributed by atoms with Gasteiger partial charge < -0.3 is 24.8 Å². The van der Waals surface area contributed by atoms with Crippen molar-refractivity contribution < 1.29 is 14.2 Å². The number of ether oxygens (including phenoxy) is 3. The Morgan fingerprint density at radius 3 is 2.84 bits per heavy atom. The first-order valence-electron chi connectivity index (χ1n) is 10.0. The quantitative estimate of drug-likeness (QED) is 0.664. The van der Waals surface area contributed by atoms with Crippen molar-refractivity contribution in [2.75, 3.05) is 38.3 Å². The number of hydrogen-bond donors (Lipinski definition) is 2. The van der Waals surface area contributed by atoms with Gasteiger partial charge in [0.1, 0.15) is 23.2 Å². The molecule has 1 fully saturated rings. The van der Waals surface area contributed by atoms with E-state index in [1.54, 1.807) is 7.11 Å². The van der Waals surface area contributed by atoms with Gasteiger partial charge in [-0.05, 0) is 31.2 Å². The van der Waals surface area contributed by atoms with Crippen molar-refractivity contribution >= 4 is 16.7 Å². The highest BCUT2D eigenvalue weighted by Gasteiger charge is 2.37. The van der Waals surface area contributed by atoms with Crippen molar-refractivity contribution in [2.24, 2.45) is 5.73 Å². The molecule has 1 unspecified atom stereocenters. The fraction of sp³-hybridized carbons (Fsp3) is 0.318. The maximum atomic E-state index is 9.97. The molecule has 2 aliphatic rings. The number of benzene rings is 1. The van der Waals surface area contributed by atoms with Crippen LogP contribution in [0.25, 0.3) is 10.9 Å². The molecule has 0 amide bonds. The number of allylic oxidation sites excluding steroid dienone is 1. The van der Waals surface area contributed by atoms with Gasteiger partial charge in [0.2, 0.25) is 11.8 Å². The van der Waals surface area contributed by atoms with Gasteiger partial charge in [0.25, 0.3) is 0 Å². The minimum atomic E-state index is -0.451. The smallest absolute Gasteiger partial charge is 0.244 e. The monoisotopic (exact) mass is 418 g/mol. The molecule has 0 bridgehead atoms. The maximum Gasteiger partial charge on any atom is 0.244 e. The first-order valence-corrected chi connectivity index (χ1v) is 10.0. The van der Waals surface area contributed by atoms with E-state index in [0.29, 0.717) is 37.8 Å². The van der Waals surface area contributed by atoms with Crippen LogP contribution in [-0.2, 0) is 4.74 Å². The molecule has 158 valence electrons. The van der Waals surface area contributed by atoms with Crippen LogP contribution >= 0.6 is 0 Å². The minimum Gasteiger partial charge on any atom is -0.497 e. The van der Waals surface area contributed by atoms with Crippen LogP contribution in [0.2, 0.25) is 0 Å². The predicted octanol–water partition coefficient (Wildman–Crippen LogP) is 2.33. The summed E-state index contributed by atoms with van der Waals surface area (Å²) in [4.78, 5) is 7.19. The van der Waals surface area contributed by atoms with E-state index in [1.807, 2.05) is 25.1 Å². The number of aromatic amines is 1. The van der Waals surface area contributed by atoms with Crippen LogP contribution in [0.3, 0.4) is 0 Å². The summed E-state index contributed by atoms with van der Waals surface area (Å²) in [7, 11) is 1.63. The van der Waals surface area contributed by atoms with Crippen molar-refractivity contribution in [1.29, 1.82) is 5.26 Å². The summed E-state index contributed by atoms with van der Waals surface area (Å²) in [6.45, 7) is 4.57. The van der Waals surface area contributed by atoms with E-state index < -0.39 is 5.92 Å². The Labute approximate surface area is 179 Å². The second-order valence-corrected chi connectivity index (χ2v) is 7.55. The second kappa shape index (κ2) is 7.49. The third-order valence-electron chi connectivity index (χ3n) is 5.78. The van der Waals surface area contributed by atoms with E-state index in [4.69, 9.17) is 24.9 Å². The van der Waals surface area contributed by atoms with E-state index in [-0.39, 0.29) is 5.88 Å². The Morgan fingerprint density at radius 2 is 2.10 bits per heavy atom. The van der Waals surface area contributed by atoms with Gasteiger partial charge >= 0.3 is 0 Å². The van der Waals surface area contributed by atoms with Crippen LogP contribution in [0.5, 0.6) is 11.6 Å². The van der Waals surface area contributed by atoms with Crippen molar-refractivity contribution in [3.05, 3.63) is 52.5 Å².